The summed E-state index contributed by atoms with van der Waals surface area (Å²) in [6.45, 7) is 4.72. The minimum absolute atomic E-state index is 0.220. The zero-order chi connectivity index (χ0) is 18.3. The Bertz CT molecular complexity index is 890. The van der Waals surface area contributed by atoms with Crippen LogP contribution in [-0.4, -0.2) is 42.4 Å². The Morgan fingerprint density at radius 2 is 2.22 bits per heavy atom. The van der Waals surface area contributed by atoms with Crippen molar-refractivity contribution in [2.75, 3.05) is 36.4 Å². The second kappa shape index (κ2) is 6.56. The van der Waals surface area contributed by atoms with E-state index in [-0.39, 0.29) is 5.82 Å². The molecule has 2 fully saturated rings. The number of nitrogens with zero attached hydrogens (tertiary/aromatic N) is 4. The van der Waals surface area contributed by atoms with Gasteiger partial charge in [0.25, 0.3) is 0 Å². The quantitative estimate of drug-likeness (QED) is 0.874. The van der Waals surface area contributed by atoms with Gasteiger partial charge in [0.2, 0.25) is 5.95 Å². The molecule has 7 heteroatoms. The molecule has 3 aliphatic rings. The van der Waals surface area contributed by atoms with Crippen molar-refractivity contribution in [2.45, 2.75) is 25.8 Å². The van der Waals surface area contributed by atoms with Crippen molar-refractivity contribution in [1.29, 1.82) is 0 Å². The smallest absolute Gasteiger partial charge is 0.227 e. The summed E-state index contributed by atoms with van der Waals surface area (Å²) in [5, 5.41) is 6.62. The SMILES string of the molecule is Fc1cnc(N2CCC3(CCCNC3)C2)nc1Nc1ccc2c(c1)C=NC2. The van der Waals surface area contributed by atoms with Crippen molar-refractivity contribution in [3.8, 4) is 0 Å². The van der Waals surface area contributed by atoms with Crippen molar-refractivity contribution < 1.29 is 4.39 Å². The van der Waals surface area contributed by atoms with E-state index in [0.717, 1.165) is 43.9 Å². The van der Waals surface area contributed by atoms with Crippen LogP contribution in [0.25, 0.3) is 0 Å². The Balaban J connectivity index is 1.36. The molecule has 3 aliphatic heterocycles. The zero-order valence-corrected chi connectivity index (χ0v) is 15.2. The molecule has 1 unspecified atom stereocenters. The molecule has 0 bridgehead atoms. The fraction of sp³-hybridized carbons (Fsp3) is 0.450. The van der Waals surface area contributed by atoms with Gasteiger partial charge in [0.05, 0.1) is 12.7 Å². The number of benzene rings is 1. The standard InChI is InChI=1S/C20H23FN6/c21-17-11-24-19(27-7-5-20(13-27)4-1-6-22-12-20)26-18(17)25-16-3-2-14-9-23-10-15(14)8-16/h2-3,8,10-11,22H,1,4-7,9,12-13H2,(H,24,25,26). The van der Waals surface area contributed by atoms with Gasteiger partial charge in [0.15, 0.2) is 11.6 Å². The van der Waals surface area contributed by atoms with Gasteiger partial charge in [-0.1, -0.05) is 6.07 Å². The molecular weight excluding hydrogens is 343 g/mol. The number of halogens is 1. The van der Waals surface area contributed by atoms with Gasteiger partial charge >= 0.3 is 0 Å². The van der Waals surface area contributed by atoms with Crippen molar-refractivity contribution in [3.05, 3.63) is 41.3 Å². The minimum Gasteiger partial charge on any atom is -0.340 e. The molecule has 0 saturated carbocycles. The van der Waals surface area contributed by atoms with E-state index in [1.165, 1.54) is 24.6 Å². The Hall–Kier alpha value is -2.54. The summed E-state index contributed by atoms with van der Waals surface area (Å²) < 4.78 is 14.3. The molecule has 2 saturated heterocycles. The molecule has 1 atom stereocenters. The van der Waals surface area contributed by atoms with Crippen LogP contribution < -0.4 is 15.5 Å². The van der Waals surface area contributed by atoms with E-state index in [1.54, 1.807) is 0 Å². The van der Waals surface area contributed by atoms with Crippen LogP contribution in [0.1, 0.15) is 30.4 Å². The van der Waals surface area contributed by atoms with Crippen molar-refractivity contribution >= 4 is 23.7 Å². The monoisotopic (exact) mass is 366 g/mol. The number of rotatable bonds is 3. The van der Waals surface area contributed by atoms with E-state index in [0.29, 0.717) is 17.9 Å². The Morgan fingerprint density at radius 1 is 1.26 bits per heavy atom. The molecule has 0 aliphatic carbocycles. The maximum absolute atomic E-state index is 14.3. The molecule has 5 rings (SSSR count). The number of anilines is 3. The van der Waals surface area contributed by atoms with E-state index in [4.69, 9.17) is 0 Å². The maximum Gasteiger partial charge on any atom is 0.227 e. The second-order valence-corrected chi connectivity index (χ2v) is 7.83. The van der Waals surface area contributed by atoms with Crippen molar-refractivity contribution in [2.24, 2.45) is 10.4 Å². The van der Waals surface area contributed by atoms with E-state index < -0.39 is 5.82 Å². The lowest BCUT2D eigenvalue weighted by Gasteiger charge is -2.33. The highest BCUT2D eigenvalue weighted by Crippen LogP contribution is 2.38. The third-order valence-corrected chi connectivity index (χ3v) is 5.91. The van der Waals surface area contributed by atoms with Crippen molar-refractivity contribution in [3.63, 3.8) is 0 Å². The van der Waals surface area contributed by atoms with Gasteiger partial charge in [-0.05, 0) is 49.1 Å². The van der Waals surface area contributed by atoms with E-state index >= 15 is 0 Å². The first kappa shape index (κ1) is 16.6. The molecule has 4 heterocycles. The number of fused-ring (bicyclic) bond motifs is 1. The second-order valence-electron chi connectivity index (χ2n) is 7.83. The third-order valence-electron chi connectivity index (χ3n) is 5.91. The van der Waals surface area contributed by atoms with Gasteiger partial charge in [0, 0.05) is 37.0 Å². The van der Waals surface area contributed by atoms with Crippen molar-refractivity contribution in [1.82, 2.24) is 15.3 Å². The van der Waals surface area contributed by atoms with E-state index in [2.05, 4.69) is 30.5 Å². The number of nitrogens with one attached hydrogen (secondary N) is 2. The first-order chi connectivity index (χ1) is 13.2. The lowest BCUT2D eigenvalue weighted by Crippen LogP contribution is -2.42. The fourth-order valence-corrected chi connectivity index (χ4v) is 4.40. The molecule has 0 amide bonds. The third kappa shape index (κ3) is 3.16. The van der Waals surface area contributed by atoms with Gasteiger partial charge in [-0.15, -0.1) is 0 Å². The Labute approximate surface area is 157 Å². The van der Waals surface area contributed by atoms with Crippen LogP contribution in [0, 0.1) is 11.2 Å². The van der Waals surface area contributed by atoms with Crippen LogP contribution in [-0.2, 0) is 6.54 Å². The van der Waals surface area contributed by atoms with Gasteiger partial charge < -0.3 is 15.5 Å². The van der Waals surface area contributed by atoms with Crippen LogP contribution in [0.2, 0.25) is 0 Å². The first-order valence-electron chi connectivity index (χ1n) is 9.59. The van der Waals surface area contributed by atoms with Crippen LogP contribution in [0.3, 0.4) is 0 Å². The summed E-state index contributed by atoms with van der Waals surface area (Å²) in [6.07, 6.45) is 6.70. The highest BCUT2D eigenvalue weighted by molar-refractivity contribution is 5.86. The molecule has 1 spiro atoms. The Morgan fingerprint density at radius 3 is 3.11 bits per heavy atom. The molecule has 2 aromatic rings. The largest absolute Gasteiger partial charge is 0.340 e. The van der Waals surface area contributed by atoms with Gasteiger partial charge in [0.1, 0.15) is 0 Å². The minimum atomic E-state index is -0.443. The predicted octanol–water partition coefficient (Wildman–Crippen LogP) is 2.87. The van der Waals surface area contributed by atoms with E-state index in [9.17, 15) is 4.39 Å². The molecule has 140 valence electrons. The number of hydrogen-bond donors (Lipinski definition) is 2. The number of aromatic nitrogens is 2. The lowest BCUT2D eigenvalue weighted by molar-refractivity contribution is 0.239. The van der Waals surface area contributed by atoms with Gasteiger partial charge in [-0.25, -0.2) is 9.37 Å². The maximum atomic E-state index is 14.3. The summed E-state index contributed by atoms with van der Waals surface area (Å²) in [5.74, 6) is 0.378. The topological polar surface area (TPSA) is 65.4 Å². The normalized spacial score (nSPS) is 23.8. The summed E-state index contributed by atoms with van der Waals surface area (Å²) in [4.78, 5) is 15.2. The molecule has 1 aromatic heterocycles. The predicted molar refractivity (Wildman–Crippen MR) is 104 cm³/mol. The molecule has 27 heavy (non-hydrogen) atoms. The summed E-state index contributed by atoms with van der Waals surface area (Å²) in [7, 11) is 0. The summed E-state index contributed by atoms with van der Waals surface area (Å²) in [6, 6.07) is 5.93. The highest BCUT2D eigenvalue weighted by Gasteiger charge is 2.39. The van der Waals surface area contributed by atoms with Crippen LogP contribution in [0.15, 0.2) is 29.4 Å². The first-order valence-corrected chi connectivity index (χ1v) is 9.59. The van der Waals surface area contributed by atoms with Gasteiger partial charge in [-0.2, -0.15) is 4.98 Å². The van der Waals surface area contributed by atoms with Crippen LogP contribution in [0.4, 0.5) is 21.8 Å². The zero-order valence-electron chi connectivity index (χ0n) is 15.2. The van der Waals surface area contributed by atoms with E-state index in [1.807, 2.05) is 24.4 Å². The average Bonchev–Trinajstić information content (AvgIpc) is 3.31. The highest BCUT2D eigenvalue weighted by atomic mass is 19.1. The van der Waals surface area contributed by atoms with Crippen LogP contribution >= 0.6 is 0 Å². The molecular formula is C20H23FN6. The number of hydrogen-bond acceptors (Lipinski definition) is 6. The average molecular weight is 366 g/mol. The summed E-state index contributed by atoms with van der Waals surface area (Å²) >= 11 is 0. The van der Waals surface area contributed by atoms with Crippen LogP contribution in [0.5, 0.6) is 0 Å². The molecule has 1 aromatic carbocycles. The van der Waals surface area contributed by atoms with Gasteiger partial charge in [-0.3, -0.25) is 4.99 Å². The summed E-state index contributed by atoms with van der Waals surface area (Å²) in [5.41, 5.74) is 3.37. The number of aliphatic imine (C=N–C) groups is 1. The number of piperidine rings is 1. The molecule has 0 radical (unpaired) electrons. The lowest BCUT2D eigenvalue weighted by atomic mass is 9.80. The molecule has 6 nitrogen and oxygen atoms in total. The Kier molecular flexibility index (Phi) is 4.04. The fourth-order valence-electron chi connectivity index (χ4n) is 4.40. The molecule has 2 N–H and O–H groups in total.